The van der Waals surface area contributed by atoms with E-state index in [2.05, 4.69) is 11.5 Å². The maximum Gasteiger partial charge on any atom is 0.121 e. The molecular weight excluding hydrogens is 176 g/mol. The van der Waals surface area contributed by atoms with Crippen LogP contribution in [0.1, 0.15) is 25.7 Å². The van der Waals surface area contributed by atoms with Crippen LogP contribution < -0.4 is 5.73 Å². The van der Waals surface area contributed by atoms with Crippen molar-refractivity contribution in [2.24, 2.45) is 5.73 Å². The lowest BCUT2D eigenvalue weighted by molar-refractivity contribution is -0.109. The molecule has 1 heterocycles. The fourth-order valence-corrected chi connectivity index (χ4v) is 2.06. The molecule has 80 valence electrons. The Hall–Kier alpha value is -0.670. The lowest BCUT2D eigenvalue weighted by Gasteiger charge is -2.36. The zero-order valence-corrected chi connectivity index (χ0v) is 8.69. The molecule has 2 N–H and O–H groups in total. The van der Waals surface area contributed by atoms with Crippen LogP contribution in [0, 0.1) is 0 Å². The molecule has 0 aromatic rings. The van der Waals surface area contributed by atoms with Crippen LogP contribution >= 0.6 is 0 Å². The molecular formula is C11H20N2O. The third kappa shape index (κ3) is 2.93. The third-order valence-corrected chi connectivity index (χ3v) is 2.91. The van der Waals surface area contributed by atoms with Gasteiger partial charge in [-0.1, -0.05) is 12.5 Å². The molecule has 0 amide bonds. The van der Waals surface area contributed by atoms with E-state index < -0.39 is 0 Å². The summed E-state index contributed by atoms with van der Waals surface area (Å²) in [5, 5.41) is 0. The summed E-state index contributed by atoms with van der Waals surface area (Å²) in [5.41, 5.74) is 5.92. The predicted molar refractivity (Wildman–Crippen MR) is 58.1 cm³/mol. The van der Waals surface area contributed by atoms with Gasteiger partial charge in [-0.05, 0) is 25.9 Å². The van der Waals surface area contributed by atoms with Gasteiger partial charge in [-0.15, -0.1) is 6.58 Å². The Morgan fingerprint density at radius 2 is 2.00 bits per heavy atom. The smallest absolute Gasteiger partial charge is 0.121 e. The van der Waals surface area contributed by atoms with Crippen molar-refractivity contribution in [1.29, 1.82) is 0 Å². The van der Waals surface area contributed by atoms with Crippen molar-refractivity contribution in [3.63, 3.8) is 0 Å². The monoisotopic (exact) mass is 196 g/mol. The molecule has 14 heavy (non-hydrogen) atoms. The van der Waals surface area contributed by atoms with E-state index in [0.29, 0.717) is 6.42 Å². The number of aldehydes is 1. The number of nitrogens with two attached hydrogens (primary N) is 1. The quantitative estimate of drug-likeness (QED) is 0.526. The number of carbonyl (C=O) groups is 1. The number of piperidine rings is 1. The second-order valence-corrected chi connectivity index (χ2v) is 3.88. The second-order valence-electron chi connectivity index (χ2n) is 3.88. The Morgan fingerprint density at radius 3 is 2.50 bits per heavy atom. The number of likely N-dealkylation sites (tertiary alicyclic amines) is 1. The van der Waals surface area contributed by atoms with E-state index in [0.717, 1.165) is 19.4 Å². The lowest BCUT2D eigenvalue weighted by Crippen LogP contribution is -2.49. The summed E-state index contributed by atoms with van der Waals surface area (Å²) < 4.78 is 0. The minimum atomic E-state index is -0.0849. The average Bonchev–Trinajstić information content (AvgIpc) is 2.26. The zero-order chi connectivity index (χ0) is 10.4. The van der Waals surface area contributed by atoms with E-state index in [1.165, 1.54) is 19.3 Å². The van der Waals surface area contributed by atoms with E-state index in [9.17, 15) is 4.79 Å². The average molecular weight is 196 g/mol. The Labute approximate surface area is 86.0 Å². The molecule has 0 saturated carbocycles. The van der Waals surface area contributed by atoms with Crippen molar-refractivity contribution in [3.05, 3.63) is 12.7 Å². The fourth-order valence-electron chi connectivity index (χ4n) is 2.06. The second kappa shape index (κ2) is 5.94. The molecule has 0 aliphatic carbocycles. The summed E-state index contributed by atoms with van der Waals surface area (Å²) in [6.07, 6.45) is 6.96. The van der Waals surface area contributed by atoms with Crippen LogP contribution in [0.3, 0.4) is 0 Å². The summed E-state index contributed by atoms with van der Waals surface area (Å²) in [6.45, 7) is 5.83. The van der Waals surface area contributed by atoms with Crippen LogP contribution in [0.15, 0.2) is 12.7 Å². The van der Waals surface area contributed by atoms with E-state index in [4.69, 9.17) is 5.73 Å². The van der Waals surface area contributed by atoms with E-state index >= 15 is 0 Å². The standard InChI is InChI=1S/C11H20N2O/c1-2-10(12)11(6-9-14)13-7-4-3-5-8-13/h2,9-11H,1,3-8,12H2. The molecule has 3 heteroatoms. The maximum atomic E-state index is 10.6. The van der Waals surface area contributed by atoms with Crippen molar-refractivity contribution < 1.29 is 4.79 Å². The zero-order valence-electron chi connectivity index (χ0n) is 8.69. The van der Waals surface area contributed by atoms with Crippen LogP contribution in [0.2, 0.25) is 0 Å². The minimum absolute atomic E-state index is 0.0849. The Morgan fingerprint density at radius 1 is 1.36 bits per heavy atom. The van der Waals surface area contributed by atoms with Crippen molar-refractivity contribution in [2.75, 3.05) is 13.1 Å². The van der Waals surface area contributed by atoms with Crippen molar-refractivity contribution in [2.45, 2.75) is 37.8 Å². The summed E-state index contributed by atoms with van der Waals surface area (Å²) in [6, 6.07) is 0.0728. The van der Waals surface area contributed by atoms with Gasteiger partial charge in [0.1, 0.15) is 6.29 Å². The van der Waals surface area contributed by atoms with Crippen LogP contribution in [-0.2, 0) is 4.79 Å². The van der Waals surface area contributed by atoms with Gasteiger partial charge in [-0.25, -0.2) is 0 Å². The molecule has 1 rings (SSSR count). The van der Waals surface area contributed by atoms with Crippen LogP contribution in [-0.4, -0.2) is 36.4 Å². The first kappa shape index (κ1) is 11.4. The van der Waals surface area contributed by atoms with Gasteiger partial charge >= 0.3 is 0 Å². The molecule has 1 saturated heterocycles. The summed E-state index contributed by atoms with van der Waals surface area (Å²) in [7, 11) is 0. The van der Waals surface area contributed by atoms with E-state index in [-0.39, 0.29) is 12.1 Å². The van der Waals surface area contributed by atoms with Crippen molar-refractivity contribution in [1.82, 2.24) is 4.90 Å². The van der Waals surface area contributed by atoms with Crippen LogP contribution in [0.4, 0.5) is 0 Å². The predicted octanol–water partition coefficient (Wildman–Crippen LogP) is 0.943. The Balaban J connectivity index is 2.54. The first-order chi connectivity index (χ1) is 6.79. The van der Waals surface area contributed by atoms with E-state index in [1.807, 2.05) is 0 Å². The first-order valence-electron chi connectivity index (χ1n) is 5.35. The van der Waals surface area contributed by atoms with Crippen molar-refractivity contribution in [3.8, 4) is 0 Å². The third-order valence-electron chi connectivity index (χ3n) is 2.91. The summed E-state index contributed by atoms with van der Waals surface area (Å²) in [5.74, 6) is 0. The van der Waals surface area contributed by atoms with Crippen molar-refractivity contribution >= 4 is 6.29 Å². The molecule has 1 fully saturated rings. The number of hydrogen-bond acceptors (Lipinski definition) is 3. The number of hydrogen-bond donors (Lipinski definition) is 1. The van der Waals surface area contributed by atoms with Crippen LogP contribution in [0.25, 0.3) is 0 Å². The van der Waals surface area contributed by atoms with Gasteiger partial charge in [0.15, 0.2) is 0 Å². The Bertz CT molecular complexity index is 188. The van der Waals surface area contributed by atoms with Crippen LogP contribution in [0.5, 0.6) is 0 Å². The fraction of sp³-hybridized carbons (Fsp3) is 0.727. The van der Waals surface area contributed by atoms with Gasteiger partial charge in [-0.3, -0.25) is 4.90 Å². The molecule has 1 aliphatic heterocycles. The Kier molecular flexibility index (Phi) is 4.84. The largest absolute Gasteiger partial charge is 0.323 e. The summed E-state index contributed by atoms with van der Waals surface area (Å²) >= 11 is 0. The maximum absolute atomic E-state index is 10.6. The van der Waals surface area contributed by atoms with Gasteiger partial charge in [0, 0.05) is 18.5 Å². The molecule has 0 aromatic carbocycles. The minimum Gasteiger partial charge on any atom is -0.323 e. The molecule has 3 nitrogen and oxygen atoms in total. The topological polar surface area (TPSA) is 46.3 Å². The van der Waals surface area contributed by atoms with Gasteiger partial charge in [0.25, 0.3) is 0 Å². The number of rotatable bonds is 5. The highest BCUT2D eigenvalue weighted by Crippen LogP contribution is 2.15. The summed E-state index contributed by atoms with van der Waals surface area (Å²) in [4.78, 5) is 12.9. The molecule has 2 atom stereocenters. The van der Waals surface area contributed by atoms with Gasteiger partial charge < -0.3 is 10.5 Å². The molecule has 1 aliphatic rings. The highest BCUT2D eigenvalue weighted by Gasteiger charge is 2.23. The van der Waals surface area contributed by atoms with Gasteiger partial charge in [0.2, 0.25) is 0 Å². The SMILES string of the molecule is C=CC(N)C(CC=O)N1CCCCC1. The molecule has 0 radical (unpaired) electrons. The molecule has 0 aromatic heterocycles. The highest BCUT2D eigenvalue weighted by atomic mass is 16.1. The van der Waals surface area contributed by atoms with Gasteiger partial charge in [0.05, 0.1) is 0 Å². The number of carbonyl (C=O) groups excluding carboxylic acids is 1. The molecule has 0 spiro atoms. The van der Waals surface area contributed by atoms with E-state index in [1.54, 1.807) is 6.08 Å². The first-order valence-corrected chi connectivity index (χ1v) is 5.35. The molecule has 2 unspecified atom stereocenters. The highest BCUT2D eigenvalue weighted by molar-refractivity contribution is 5.50. The normalized spacial score (nSPS) is 22.6. The van der Waals surface area contributed by atoms with Gasteiger partial charge in [-0.2, -0.15) is 0 Å². The molecule has 0 bridgehead atoms. The lowest BCUT2D eigenvalue weighted by atomic mass is 10.0. The number of nitrogens with zero attached hydrogens (tertiary/aromatic N) is 1.